The Hall–Kier alpha value is -3.06. The van der Waals surface area contributed by atoms with Gasteiger partial charge in [0, 0.05) is 37.6 Å². The fraction of sp³-hybridized carbons (Fsp3) is 0.273. The number of anilines is 1. The van der Waals surface area contributed by atoms with Crippen LogP contribution in [0.3, 0.4) is 0 Å². The average molecular weight is 404 g/mol. The molecule has 3 aromatic heterocycles. The van der Waals surface area contributed by atoms with E-state index in [4.69, 9.17) is 9.97 Å². The van der Waals surface area contributed by atoms with Crippen LogP contribution in [0, 0.1) is 0 Å². The Morgan fingerprint density at radius 2 is 2.10 bits per heavy atom. The number of benzene rings is 1. The Morgan fingerprint density at radius 1 is 1.21 bits per heavy atom. The molecule has 0 spiro atoms. The summed E-state index contributed by atoms with van der Waals surface area (Å²) >= 11 is 1.64. The van der Waals surface area contributed by atoms with Crippen LogP contribution in [0.4, 0.5) is 5.82 Å². The zero-order valence-corrected chi connectivity index (χ0v) is 17.0. The summed E-state index contributed by atoms with van der Waals surface area (Å²) in [6.45, 7) is 0.899. The number of nitrogens with zero attached hydrogens (tertiary/aromatic N) is 5. The zero-order valence-electron chi connectivity index (χ0n) is 16.2. The minimum absolute atomic E-state index is 0.131. The summed E-state index contributed by atoms with van der Waals surface area (Å²) in [5.41, 5.74) is 1.61. The molecule has 0 radical (unpaired) electrons. The van der Waals surface area contributed by atoms with E-state index in [1.165, 1.54) is 0 Å². The monoisotopic (exact) mass is 403 g/mol. The van der Waals surface area contributed by atoms with Crippen LogP contribution >= 0.6 is 11.3 Å². The standard InChI is InChI=1S/C22H21N5OS/c1-26-14-15(13-23-26)19(28)12-16-6-4-10-27(16)22-17-7-2-3-8-18(17)24-21(25-22)20-9-5-11-29-20/h2-3,5,7-9,11,13-14,16H,4,6,10,12H2,1H3. The fourth-order valence-corrected chi connectivity index (χ4v) is 4.68. The van der Waals surface area contributed by atoms with Gasteiger partial charge in [0.1, 0.15) is 5.82 Å². The summed E-state index contributed by atoms with van der Waals surface area (Å²) in [5.74, 6) is 1.81. The van der Waals surface area contributed by atoms with Crippen molar-refractivity contribution in [3.63, 3.8) is 0 Å². The molecule has 7 heteroatoms. The first-order valence-corrected chi connectivity index (χ1v) is 10.7. The summed E-state index contributed by atoms with van der Waals surface area (Å²) in [4.78, 5) is 25.9. The van der Waals surface area contributed by atoms with Crippen molar-refractivity contribution >= 4 is 33.8 Å². The molecule has 6 nitrogen and oxygen atoms in total. The maximum absolute atomic E-state index is 12.8. The summed E-state index contributed by atoms with van der Waals surface area (Å²) in [6, 6.07) is 12.3. The van der Waals surface area contributed by atoms with E-state index in [1.54, 1.807) is 28.4 Å². The van der Waals surface area contributed by atoms with Gasteiger partial charge in [-0.05, 0) is 36.4 Å². The molecule has 0 bridgehead atoms. The molecule has 5 rings (SSSR count). The Labute approximate surface area is 172 Å². The number of carbonyl (C=O) groups is 1. The van der Waals surface area contributed by atoms with E-state index in [2.05, 4.69) is 16.1 Å². The highest BCUT2D eigenvalue weighted by Gasteiger charge is 2.30. The SMILES string of the molecule is Cn1cc(C(=O)CC2CCCN2c2nc(-c3cccs3)nc3ccccc23)cn1. The molecular weight excluding hydrogens is 382 g/mol. The second kappa shape index (κ2) is 7.40. The van der Waals surface area contributed by atoms with E-state index in [-0.39, 0.29) is 11.8 Å². The van der Waals surface area contributed by atoms with Crippen LogP contribution in [-0.4, -0.2) is 38.1 Å². The maximum Gasteiger partial charge on any atom is 0.172 e. The first-order valence-electron chi connectivity index (χ1n) is 9.78. The molecule has 4 aromatic rings. The van der Waals surface area contributed by atoms with Crippen LogP contribution in [0.15, 0.2) is 54.2 Å². The first kappa shape index (κ1) is 18.0. The van der Waals surface area contributed by atoms with Crippen molar-refractivity contribution in [1.82, 2.24) is 19.7 Å². The van der Waals surface area contributed by atoms with E-state index >= 15 is 0 Å². The maximum atomic E-state index is 12.8. The van der Waals surface area contributed by atoms with Crippen LogP contribution in [0.2, 0.25) is 0 Å². The van der Waals surface area contributed by atoms with E-state index in [9.17, 15) is 4.79 Å². The molecule has 0 aliphatic carbocycles. The van der Waals surface area contributed by atoms with Gasteiger partial charge in [-0.2, -0.15) is 5.10 Å². The van der Waals surface area contributed by atoms with Crippen molar-refractivity contribution in [1.29, 1.82) is 0 Å². The molecular formula is C22H21N5OS. The quantitative estimate of drug-likeness (QED) is 0.464. The topological polar surface area (TPSA) is 63.9 Å². The van der Waals surface area contributed by atoms with E-state index < -0.39 is 0 Å². The van der Waals surface area contributed by atoms with Crippen molar-refractivity contribution in [2.45, 2.75) is 25.3 Å². The molecule has 4 heterocycles. The van der Waals surface area contributed by atoms with E-state index in [0.29, 0.717) is 12.0 Å². The molecule has 0 saturated carbocycles. The number of aromatic nitrogens is 4. The van der Waals surface area contributed by atoms with Crippen molar-refractivity contribution in [3.8, 4) is 10.7 Å². The lowest BCUT2D eigenvalue weighted by atomic mass is 10.0. The second-order valence-corrected chi connectivity index (χ2v) is 8.33. The minimum Gasteiger partial charge on any atom is -0.353 e. The van der Waals surface area contributed by atoms with Crippen LogP contribution in [0.1, 0.15) is 29.6 Å². The molecule has 1 aromatic carbocycles. The van der Waals surface area contributed by atoms with Crippen LogP contribution < -0.4 is 4.90 Å². The number of hydrogen-bond donors (Lipinski definition) is 0. The molecule has 0 N–H and O–H groups in total. The second-order valence-electron chi connectivity index (χ2n) is 7.38. The Kier molecular flexibility index (Phi) is 4.60. The van der Waals surface area contributed by atoms with Crippen LogP contribution in [-0.2, 0) is 7.05 Å². The van der Waals surface area contributed by atoms with Crippen molar-refractivity contribution in [2.75, 3.05) is 11.4 Å². The summed E-state index contributed by atoms with van der Waals surface area (Å²) < 4.78 is 1.67. The number of rotatable bonds is 5. The zero-order chi connectivity index (χ0) is 19.8. The van der Waals surface area contributed by atoms with E-state index in [1.807, 2.05) is 42.8 Å². The normalized spacial score (nSPS) is 16.6. The Bertz CT molecular complexity index is 1170. The number of fused-ring (bicyclic) bond motifs is 1. The number of Topliss-reactive ketones (excluding diaryl/α,β-unsaturated/α-hetero) is 1. The van der Waals surface area contributed by atoms with Crippen molar-refractivity contribution in [2.24, 2.45) is 7.05 Å². The molecule has 1 aliphatic rings. The minimum atomic E-state index is 0.131. The lowest BCUT2D eigenvalue weighted by molar-refractivity contribution is 0.0974. The lowest BCUT2D eigenvalue weighted by Gasteiger charge is -2.26. The lowest BCUT2D eigenvalue weighted by Crippen LogP contribution is -2.32. The number of hydrogen-bond acceptors (Lipinski definition) is 6. The van der Waals surface area contributed by atoms with Gasteiger partial charge in [-0.25, -0.2) is 9.97 Å². The van der Waals surface area contributed by atoms with Gasteiger partial charge < -0.3 is 4.90 Å². The predicted molar refractivity (Wildman–Crippen MR) is 115 cm³/mol. The summed E-state index contributed by atoms with van der Waals surface area (Å²) in [6.07, 6.45) is 5.95. The third-order valence-corrected chi connectivity index (χ3v) is 6.29. The number of thiophene rings is 1. The smallest absolute Gasteiger partial charge is 0.172 e. The highest BCUT2D eigenvalue weighted by atomic mass is 32.1. The number of ketones is 1. The molecule has 29 heavy (non-hydrogen) atoms. The van der Waals surface area contributed by atoms with Gasteiger partial charge in [0.15, 0.2) is 11.6 Å². The molecule has 1 atom stereocenters. The van der Waals surface area contributed by atoms with Gasteiger partial charge >= 0.3 is 0 Å². The molecule has 1 unspecified atom stereocenters. The Balaban J connectivity index is 1.52. The highest BCUT2D eigenvalue weighted by molar-refractivity contribution is 7.13. The van der Waals surface area contributed by atoms with Gasteiger partial charge in [0.05, 0.1) is 22.2 Å². The van der Waals surface area contributed by atoms with Crippen molar-refractivity contribution < 1.29 is 4.79 Å². The van der Waals surface area contributed by atoms with Gasteiger partial charge in [-0.1, -0.05) is 18.2 Å². The molecule has 1 aliphatic heterocycles. The van der Waals surface area contributed by atoms with Gasteiger partial charge in [-0.15, -0.1) is 11.3 Å². The number of para-hydroxylation sites is 1. The molecule has 0 amide bonds. The first-order chi connectivity index (χ1) is 14.2. The molecule has 1 fully saturated rings. The number of aryl methyl sites for hydroxylation is 1. The third kappa shape index (κ3) is 3.42. The van der Waals surface area contributed by atoms with Gasteiger partial charge in [0.2, 0.25) is 0 Å². The molecule has 146 valence electrons. The summed E-state index contributed by atoms with van der Waals surface area (Å²) in [7, 11) is 1.83. The third-order valence-electron chi connectivity index (χ3n) is 5.42. The Morgan fingerprint density at radius 3 is 2.90 bits per heavy atom. The van der Waals surface area contributed by atoms with Crippen molar-refractivity contribution in [3.05, 3.63) is 59.7 Å². The summed E-state index contributed by atoms with van der Waals surface area (Å²) in [5, 5.41) is 7.21. The highest BCUT2D eigenvalue weighted by Crippen LogP contribution is 2.34. The largest absolute Gasteiger partial charge is 0.353 e. The average Bonchev–Trinajstić information content (AvgIpc) is 3.49. The molecule has 1 saturated heterocycles. The fourth-order valence-electron chi connectivity index (χ4n) is 4.02. The van der Waals surface area contributed by atoms with Crippen LogP contribution in [0.5, 0.6) is 0 Å². The van der Waals surface area contributed by atoms with Gasteiger partial charge in [-0.3, -0.25) is 9.48 Å². The van der Waals surface area contributed by atoms with E-state index in [0.717, 1.165) is 46.8 Å². The predicted octanol–water partition coefficient (Wildman–Crippen LogP) is 4.33. The van der Waals surface area contributed by atoms with Gasteiger partial charge in [0.25, 0.3) is 0 Å². The number of carbonyl (C=O) groups excluding carboxylic acids is 1. The van der Waals surface area contributed by atoms with Crippen LogP contribution in [0.25, 0.3) is 21.6 Å².